The van der Waals surface area contributed by atoms with Gasteiger partial charge in [0.15, 0.2) is 5.96 Å². The van der Waals surface area contributed by atoms with Gasteiger partial charge >= 0.3 is 0 Å². The van der Waals surface area contributed by atoms with Crippen molar-refractivity contribution in [2.75, 3.05) is 45.8 Å². The first-order valence-electron chi connectivity index (χ1n) is 10.3. The van der Waals surface area contributed by atoms with Crippen LogP contribution in [-0.2, 0) is 6.54 Å². The van der Waals surface area contributed by atoms with Gasteiger partial charge in [-0.3, -0.25) is 9.89 Å². The van der Waals surface area contributed by atoms with E-state index in [9.17, 15) is 0 Å². The molecule has 26 heavy (non-hydrogen) atoms. The maximum Gasteiger partial charge on any atom is 0.191 e. The number of nitrogens with one attached hydrogen (secondary N) is 2. The van der Waals surface area contributed by atoms with Crippen molar-refractivity contribution in [2.45, 2.75) is 39.3 Å². The van der Waals surface area contributed by atoms with E-state index in [1.54, 1.807) is 0 Å². The second-order valence-electron chi connectivity index (χ2n) is 7.68. The summed E-state index contributed by atoms with van der Waals surface area (Å²) in [4.78, 5) is 9.89. The van der Waals surface area contributed by atoms with E-state index >= 15 is 0 Å². The minimum absolute atomic E-state index is 0.630. The van der Waals surface area contributed by atoms with Crippen LogP contribution in [0.15, 0.2) is 35.3 Å². The van der Waals surface area contributed by atoms with Crippen LogP contribution < -0.4 is 10.6 Å². The molecule has 2 unspecified atom stereocenters. The molecule has 5 nitrogen and oxygen atoms in total. The normalized spacial score (nSPS) is 24.5. The fourth-order valence-electron chi connectivity index (χ4n) is 3.52. The number of hydrogen-bond donors (Lipinski definition) is 2. The predicted molar refractivity (Wildman–Crippen MR) is 109 cm³/mol. The van der Waals surface area contributed by atoms with Gasteiger partial charge in [-0.15, -0.1) is 0 Å². The first kappa shape index (κ1) is 19.2. The van der Waals surface area contributed by atoms with E-state index in [0.29, 0.717) is 6.04 Å². The van der Waals surface area contributed by atoms with E-state index in [4.69, 9.17) is 4.99 Å². The number of piperazine rings is 1. The molecule has 1 saturated heterocycles. The third kappa shape index (κ3) is 6.29. The molecule has 0 amide bonds. The highest BCUT2D eigenvalue weighted by Crippen LogP contribution is 2.28. The number of aliphatic imine (C=N–C) groups is 1. The highest BCUT2D eigenvalue weighted by Gasteiger charge is 2.33. The van der Waals surface area contributed by atoms with Gasteiger partial charge < -0.3 is 15.5 Å². The SMILES string of the molecule is CCNC(=NCCCN1CCN(Cc2ccccc2)CC1)NC1CC1C. The average molecular weight is 358 g/mol. The highest BCUT2D eigenvalue weighted by atomic mass is 15.3. The lowest BCUT2D eigenvalue weighted by atomic mass is 10.2. The van der Waals surface area contributed by atoms with Crippen LogP contribution in [0.25, 0.3) is 0 Å². The summed E-state index contributed by atoms with van der Waals surface area (Å²) < 4.78 is 0. The zero-order valence-corrected chi connectivity index (χ0v) is 16.5. The summed E-state index contributed by atoms with van der Waals surface area (Å²) in [6.45, 7) is 13.2. The molecule has 2 aliphatic rings. The van der Waals surface area contributed by atoms with Crippen molar-refractivity contribution in [2.24, 2.45) is 10.9 Å². The largest absolute Gasteiger partial charge is 0.357 e. The van der Waals surface area contributed by atoms with Crippen molar-refractivity contribution in [3.8, 4) is 0 Å². The Labute approximate surface area is 158 Å². The van der Waals surface area contributed by atoms with Crippen molar-refractivity contribution in [3.63, 3.8) is 0 Å². The molecule has 0 spiro atoms. The zero-order valence-electron chi connectivity index (χ0n) is 16.5. The monoisotopic (exact) mass is 357 g/mol. The summed E-state index contributed by atoms with van der Waals surface area (Å²) in [5.41, 5.74) is 1.42. The number of guanidine groups is 1. The molecule has 1 aromatic rings. The van der Waals surface area contributed by atoms with Gasteiger partial charge in [-0.2, -0.15) is 0 Å². The third-order valence-electron chi connectivity index (χ3n) is 5.39. The van der Waals surface area contributed by atoms with Gasteiger partial charge in [-0.05, 0) is 31.2 Å². The molecule has 0 aromatic heterocycles. The summed E-state index contributed by atoms with van der Waals surface area (Å²) in [6.07, 6.45) is 2.41. The van der Waals surface area contributed by atoms with Gasteiger partial charge in [0.2, 0.25) is 0 Å². The van der Waals surface area contributed by atoms with Gasteiger partial charge in [0, 0.05) is 58.4 Å². The van der Waals surface area contributed by atoms with E-state index in [-0.39, 0.29) is 0 Å². The van der Waals surface area contributed by atoms with Crippen LogP contribution in [0.4, 0.5) is 0 Å². The Morgan fingerprint density at radius 2 is 1.81 bits per heavy atom. The fourth-order valence-corrected chi connectivity index (χ4v) is 3.52. The van der Waals surface area contributed by atoms with Crippen LogP contribution >= 0.6 is 0 Å². The Kier molecular flexibility index (Phi) is 7.32. The second-order valence-corrected chi connectivity index (χ2v) is 7.68. The van der Waals surface area contributed by atoms with E-state index in [1.807, 2.05) is 0 Å². The summed E-state index contributed by atoms with van der Waals surface area (Å²) in [7, 11) is 0. The lowest BCUT2D eigenvalue weighted by Gasteiger charge is -2.34. The van der Waals surface area contributed by atoms with Crippen molar-refractivity contribution in [1.82, 2.24) is 20.4 Å². The summed E-state index contributed by atoms with van der Waals surface area (Å²) in [6, 6.07) is 11.4. The first-order valence-corrected chi connectivity index (χ1v) is 10.3. The molecule has 1 saturated carbocycles. The maximum atomic E-state index is 4.74. The minimum Gasteiger partial charge on any atom is -0.357 e. The van der Waals surface area contributed by atoms with Gasteiger partial charge in [0.1, 0.15) is 0 Å². The molecule has 144 valence electrons. The Morgan fingerprint density at radius 3 is 2.46 bits per heavy atom. The van der Waals surface area contributed by atoms with Crippen molar-refractivity contribution >= 4 is 5.96 Å². The van der Waals surface area contributed by atoms with Gasteiger partial charge in [0.05, 0.1) is 0 Å². The topological polar surface area (TPSA) is 42.9 Å². The lowest BCUT2D eigenvalue weighted by Crippen LogP contribution is -2.46. The van der Waals surface area contributed by atoms with Gasteiger partial charge in [0.25, 0.3) is 0 Å². The standard InChI is InChI=1S/C21H35N5/c1-3-22-21(24-20-16-18(20)2)23-10-7-11-25-12-14-26(15-13-25)17-19-8-5-4-6-9-19/h4-6,8-9,18,20H,3,7,10-17H2,1-2H3,(H2,22,23,24). The van der Waals surface area contributed by atoms with Crippen LogP contribution in [0.5, 0.6) is 0 Å². The number of hydrogen-bond acceptors (Lipinski definition) is 3. The van der Waals surface area contributed by atoms with E-state index in [0.717, 1.165) is 44.5 Å². The van der Waals surface area contributed by atoms with Crippen molar-refractivity contribution < 1.29 is 0 Å². The van der Waals surface area contributed by atoms with Crippen LogP contribution in [-0.4, -0.2) is 67.6 Å². The average Bonchev–Trinajstić information content (AvgIpc) is 3.35. The summed E-state index contributed by atoms with van der Waals surface area (Å²) in [5.74, 6) is 1.79. The molecule has 1 aliphatic carbocycles. The lowest BCUT2D eigenvalue weighted by molar-refractivity contribution is 0.127. The van der Waals surface area contributed by atoms with Crippen molar-refractivity contribution in [3.05, 3.63) is 35.9 Å². The smallest absolute Gasteiger partial charge is 0.191 e. The minimum atomic E-state index is 0.630. The Hall–Kier alpha value is -1.59. The molecule has 1 aliphatic heterocycles. The highest BCUT2D eigenvalue weighted by molar-refractivity contribution is 5.80. The number of nitrogens with zero attached hydrogens (tertiary/aromatic N) is 3. The van der Waals surface area contributed by atoms with Crippen molar-refractivity contribution in [1.29, 1.82) is 0 Å². The first-order chi connectivity index (χ1) is 12.7. The van der Waals surface area contributed by atoms with Gasteiger partial charge in [-0.25, -0.2) is 0 Å². The molecule has 0 bridgehead atoms. The molecular weight excluding hydrogens is 322 g/mol. The Morgan fingerprint density at radius 1 is 1.12 bits per heavy atom. The van der Waals surface area contributed by atoms with Crippen LogP contribution in [0.1, 0.15) is 32.3 Å². The molecule has 1 heterocycles. The third-order valence-corrected chi connectivity index (χ3v) is 5.39. The van der Waals surface area contributed by atoms with Gasteiger partial charge in [-0.1, -0.05) is 37.3 Å². The Bertz CT molecular complexity index is 551. The van der Waals surface area contributed by atoms with Crippen LogP contribution in [0.3, 0.4) is 0 Å². The second kappa shape index (κ2) is 9.93. The molecule has 2 fully saturated rings. The molecule has 2 atom stereocenters. The quantitative estimate of drug-likeness (QED) is 0.425. The van der Waals surface area contributed by atoms with Crippen LogP contribution in [0.2, 0.25) is 0 Å². The summed E-state index contributed by atoms with van der Waals surface area (Å²) in [5, 5.41) is 6.89. The van der Waals surface area contributed by atoms with Crippen LogP contribution in [0, 0.1) is 5.92 Å². The van der Waals surface area contributed by atoms with E-state index in [2.05, 4.69) is 64.6 Å². The molecule has 3 rings (SSSR count). The fraction of sp³-hybridized carbons (Fsp3) is 0.667. The van der Waals surface area contributed by atoms with E-state index in [1.165, 1.54) is 38.2 Å². The predicted octanol–water partition coefficient (Wildman–Crippen LogP) is 2.16. The molecule has 1 aromatic carbocycles. The molecule has 5 heteroatoms. The summed E-state index contributed by atoms with van der Waals surface area (Å²) >= 11 is 0. The molecular formula is C21H35N5. The number of benzene rings is 1. The molecule has 2 N–H and O–H groups in total. The molecule has 0 radical (unpaired) electrons. The Balaban J connectivity index is 1.31. The number of rotatable bonds is 8. The zero-order chi connectivity index (χ0) is 18.2. The maximum absolute atomic E-state index is 4.74. The van der Waals surface area contributed by atoms with E-state index < -0.39 is 0 Å².